The Kier molecular flexibility index (Phi) is 2.42. The molecule has 6 heteroatoms. The van der Waals surface area contributed by atoms with E-state index in [1.807, 2.05) is 0 Å². The average molecular weight is 158 g/mol. The third-order valence-corrected chi connectivity index (χ3v) is 1.00. The lowest BCUT2D eigenvalue weighted by atomic mass is 10.5. The number of carbonyl (C=O) groups is 1. The lowest BCUT2D eigenvalue weighted by molar-refractivity contribution is -0.130. The van der Waals surface area contributed by atoms with E-state index in [4.69, 9.17) is 4.74 Å². The second kappa shape index (κ2) is 3.55. The maximum atomic E-state index is 9.76. The number of ether oxygens (including phenoxy) is 2. The van der Waals surface area contributed by atoms with E-state index >= 15 is 0 Å². The van der Waals surface area contributed by atoms with Gasteiger partial charge in [-0.1, -0.05) is 0 Å². The van der Waals surface area contributed by atoms with Crippen LogP contribution in [0.1, 0.15) is 5.69 Å². The highest BCUT2D eigenvalue weighted by molar-refractivity contribution is 5.37. The van der Waals surface area contributed by atoms with E-state index < -0.39 is 0 Å². The predicted octanol–water partition coefficient (Wildman–Crippen LogP) is -0.249. The van der Waals surface area contributed by atoms with Crippen LogP contribution >= 0.6 is 0 Å². The van der Waals surface area contributed by atoms with Gasteiger partial charge in [0.25, 0.3) is 12.4 Å². The molecule has 0 saturated carbocycles. The molecule has 0 fully saturated rings. The summed E-state index contributed by atoms with van der Waals surface area (Å²) in [6, 6.07) is 0. The van der Waals surface area contributed by atoms with E-state index in [9.17, 15) is 4.79 Å². The zero-order valence-electron chi connectivity index (χ0n) is 5.81. The molecule has 0 unspecified atom stereocenters. The quantitative estimate of drug-likeness (QED) is 0.562. The van der Waals surface area contributed by atoms with Crippen molar-refractivity contribution in [2.24, 2.45) is 0 Å². The Labute approximate surface area is 62.1 Å². The zero-order chi connectivity index (χ0) is 8.10. The molecule has 0 aliphatic carbocycles. The highest BCUT2D eigenvalue weighted by Gasteiger charge is 2.09. The van der Waals surface area contributed by atoms with Crippen LogP contribution in [0.2, 0.25) is 0 Å². The molecular formula is C5H6N2O4. The van der Waals surface area contributed by atoms with Crippen molar-refractivity contribution in [3.63, 3.8) is 0 Å². The van der Waals surface area contributed by atoms with Crippen LogP contribution in [-0.4, -0.2) is 23.9 Å². The second-order valence-corrected chi connectivity index (χ2v) is 1.63. The number of rotatable bonds is 4. The molecule has 0 saturated heterocycles. The van der Waals surface area contributed by atoms with Crippen LogP contribution in [0, 0.1) is 0 Å². The molecule has 60 valence electrons. The van der Waals surface area contributed by atoms with Crippen LogP contribution < -0.4 is 4.74 Å². The molecule has 0 radical (unpaired) electrons. The third-order valence-electron chi connectivity index (χ3n) is 1.00. The molecule has 0 N–H and O–H groups in total. The first-order chi connectivity index (χ1) is 5.38. The summed E-state index contributed by atoms with van der Waals surface area (Å²) in [6.07, 6.45) is 0. The number of hydrogen-bond donors (Lipinski definition) is 0. The molecule has 0 aliphatic heterocycles. The fraction of sp³-hybridized carbons (Fsp3) is 0.400. The highest BCUT2D eigenvalue weighted by Crippen LogP contribution is 2.11. The monoisotopic (exact) mass is 158 g/mol. The van der Waals surface area contributed by atoms with Gasteiger partial charge in [0.2, 0.25) is 0 Å². The molecule has 0 atom stereocenters. The van der Waals surface area contributed by atoms with E-state index in [0.29, 0.717) is 12.2 Å². The lowest BCUT2D eigenvalue weighted by Gasteiger charge is -1.93. The molecule has 1 aromatic rings. The molecule has 1 heterocycles. The largest absolute Gasteiger partial charge is 0.477 e. The molecule has 0 aliphatic rings. The van der Waals surface area contributed by atoms with Gasteiger partial charge in [-0.25, -0.2) is 4.63 Å². The zero-order valence-corrected chi connectivity index (χ0v) is 5.81. The lowest BCUT2D eigenvalue weighted by Crippen LogP contribution is -1.94. The van der Waals surface area contributed by atoms with Crippen LogP contribution in [0.15, 0.2) is 4.63 Å². The summed E-state index contributed by atoms with van der Waals surface area (Å²) in [6.45, 7) is 0.324. The number of nitrogens with zero attached hydrogens (tertiary/aromatic N) is 2. The van der Waals surface area contributed by atoms with Crippen LogP contribution in [0.5, 0.6) is 5.88 Å². The topological polar surface area (TPSA) is 74.5 Å². The van der Waals surface area contributed by atoms with Crippen LogP contribution in [0.3, 0.4) is 0 Å². The first-order valence-corrected chi connectivity index (χ1v) is 2.79. The van der Waals surface area contributed by atoms with Gasteiger partial charge in [0.05, 0.1) is 7.11 Å². The molecular weight excluding hydrogens is 152 g/mol. The van der Waals surface area contributed by atoms with Crippen molar-refractivity contribution in [1.82, 2.24) is 10.3 Å². The van der Waals surface area contributed by atoms with Crippen molar-refractivity contribution in [3.8, 4) is 5.88 Å². The van der Waals surface area contributed by atoms with E-state index in [2.05, 4.69) is 19.7 Å². The Balaban J connectivity index is 2.60. The summed E-state index contributed by atoms with van der Waals surface area (Å²) in [7, 11) is 1.42. The van der Waals surface area contributed by atoms with Gasteiger partial charge >= 0.3 is 0 Å². The van der Waals surface area contributed by atoms with E-state index in [1.54, 1.807) is 0 Å². The molecule has 0 aromatic carbocycles. The summed E-state index contributed by atoms with van der Waals surface area (Å²) in [5, 5.41) is 6.81. The molecule has 0 amide bonds. The van der Waals surface area contributed by atoms with Crippen LogP contribution in [0.25, 0.3) is 0 Å². The molecule has 0 spiro atoms. The van der Waals surface area contributed by atoms with Gasteiger partial charge in [-0.15, -0.1) is 0 Å². The maximum absolute atomic E-state index is 9.76. The van der Waals surface area contributed by atoms with Crippen LogP contribution in [0.4, 0.5) is 0 Å². The number of carbonyl (C=O) groups excluding carboxylic acids is 1. The molecule has 6 nitrogen and oxygen atoms in total. The third kappa shape index (κ3) is 1.66. The second-order valence-electron chi connectivity index (χ2n) is 1.63. The summed E-state index contributed by atoms with van der Waals surface area (Å²) in [5.41, 5.74) is 0.361. The summed E-state index contributed by atoms with van der Waals surface area (Å²) in [4.78, 5) is 9.76. The van der Waals surface area contributed by atoms with Crippen molar-refractivity contribution < 1.29 is 18.9 Å². The summed E-state index contributed by atoms with van der Waals surface area (Å²) in [5.74, 6) is 0.229. The Bertz CT molecular complexity index is 234. The van der Waals surface area contributed by atoms with Crippen molar-refractivity contribution >= 4 is 6.47 Å². The van der Waals surface area contributed by atoms with Gasteiger partial charge < -0.3 is 9.47 Å². The first-order valence-electron chi connectivity index (χ1n) is 2.79. The first kappa shape index (κ1) is 7.52. The SMILES string of the molecule is COc1nonc1COC=O. The van der Waals surface area contributed by atoms with Crippen molar-refractivity contribution in [1.29, 1.82) is 0 Å². The predicted molar refractivity (Wildman–Crippen MR) is 31.7 cm³/mol. The normalized spacial score (nSPS) is 9.18. The molecule has 0 bridgehead atoms. The van der Waals surface area contributed by atoms with E-state index in [-0.39, 0.29) is 12.5 Å². The Morgan fingerprint density at radius 3 is 3.09 bits per heavy atom. The minimum Gasteiger partial charge on any atom is -0.477 e. The fourth-order valence-electron chi connectivity index (χ4n) is 0.555. The number of hydrogen-bond acceptors (Lipinski definition) is 6. The maximum Gasteiger partial charge on any atom is 0.293 e. The molecule has 1 aromatic heterocycles. The Morgan fingerprint density at radius 1 is 1.64 bits per heavy atom. The average Bonchev–Trinajstić information content (AvgIpc) is 2.47. The van der Waals surface area contributed by atoms with E-state index in [0.717, 1.165) is 0 Å². The van der Waals surface area contributed by atoms with Gasteiger partial charge in [-0.2, -0.15) is 0 Å². The molecule has 1 rings (SSSR count). The van der Waals surface area contributed by atoms with Gasteiger partial charge in [0.1, 0.15) is 6.61 Å². The minimum atomic E-state index is 0.0101. The molecule has 11 heavy (non-hydrogen) atoms. The van der Waals surface area contributed by atoms with Gasteiger partial charge in [0, 0.05) is 0 Å². The number of methoxy groups -OCH3 is 1. The van der Waals surface area contributed by atoms with Crippen molar-refractivity contribution in [3.05, 3.63) is 5.69 Å². The number of aromatic nitrogens is 2. The van der Waals surface area contributed by atoms with Crippen LogP contribution in [-0.2, 0) is 16.1 Å². The minimum absolute atomic E-state index is 0.0101. The van der Waals surface area contributed by atoms with Gasteiger partial charge in [-0.3, -0.25) is 4.79 Å². The smallest absolute Gasteiger partial charge is 0.293 e. The summed E-state index contributed by atoms with van der Waals surface area (Å²) < 4.78 is 13.4. The van der Waals surface area contributed by atoms with Crippen molar-refractivity contribution in [2.75, 3.05) is 7.11 Å². The standard InChI is InChI=1S/C5H6N2O4/c1-9-5-4(2-10-3-8)6-11-7-5/h3H,2H2,1H3. The Hall–Kier alpha value is -1.59. The van der Waals surface area contributed by atoms with E-state index in [1.165, 1.54) is 7.11 Å². The Morgan fingerprint density at radius 2 is 2.45 bits per heavy atom. The summed E-state index contributed by atoms with van der Waals surface area (Å²) >= 11 is 0. The van der Waals surface area contributed by atoms with Gasteiger partial charge in [-0.05, 0) is 10.3 Å². The highest BCUT2D eigenvalue weighted by atomic mass is 16.6. The fourth-order valence-corrected chi connectivity index (χ4v) is 0.555. The van der Waals surface area contributed by atoms with Crippen molar-refractivity contribution in [2.45, 2.75) is 6.61 Å². The van der Waals surface area contributed by atoms with Gasteiger partial charge in [0.15, 0.2) is 5.69 Å².